The van der Waals surface area contributed by atoms with Gasteiger partial charge in [0.25, 0.3) is 5.91 Å². The summed E-state index contributed by atoms with van der Waals surface area (Å²) in [5.41, 5.74) is 4.13. The van der Waals surface area contributed by atoms with Crippen LogP contribution in [0.15, 0.2) is 91.4 Å². The van der Waals surface area contributed by atoms with Crippen molar-refractivity contribution in [1.29, 1.82) is 0 Å². The second-order valence-corrected chi connectivity index (χ2v) is 9.59. The molecular formula is C30H26FN5O. The van der Waals surface area contributed by atoms with Crippen molar-refractivity contribution >= 4 is 16.7 Å². The lowest BCUT2D eigenvalue weighted by atomic mass is 9.77. The van der Waals surface area contributed by atoms with Gasteiger partial charge in [0, 0.05) is 28.9 Å². The molecular weight excluding hydrogens is 465 g/mol. The van der Waals surface area contributed by atoms with E-state index in [-0.39, 0.29) is 17.8 Å². The molecule has 184 valence electrons. The highest BCUT2D eigenvalue weighted by Gasteiger charge is 2.30. The zero-order valence-corrected chi connectivity index (χ0v) is 20.2. The smallest absolute Gasteiger partial charge is 0.252 e. The monoisotopic (exact) mass is 491 g/mol. The lowest BCUT2D eigenvalue weighted by Crippen LogP contribution is -2.36. The van der Waals surface area contributed by atoms with Crippen molar-refractivity contribution in [3.8, 4) is 11.3 Å². The van der Waals surface area contributed by atoms with E-state index < -0.39 is 0 Å². The molecule has 0 saturated heterocycles. The fourth-order valence-corrected chi connectivity index (χ4v) is 4.94. The molecule has 37 heavy (non-hydrogen) atoms. The van der Waals surface area contributed by atoms with Crippen LogP contribution in [0, 0.1) is 11.7 Å². The largest absolute Gasteiger partial charge is 0.345 e. The van der Waals surface area contributed by atoms with Gasteiger partial charge < -0.3 is 5.32 Å². The van der Waals surface area contributed by atoms with Crippen molar-refractivity contribution in [3.63, 3.8) is 0 Å². The molecule has 2 heterocycles. The molecule has 5 aromatic rings. The lowest BCUT2D eigenvalue weighted by molar-refractivity contribution is 0.0899. The molecule has 1 fully saturated rings. The summed E-state index contributed by atoms with van der Waals surface area (Å²) in [6.07, 6.45) is 8.76. The van der Waals surface area contributed by atoms with E-state index in [1.54, 1.807) is 23.0 Å². The van der Waals surface area contributed by atoms with Gasteiger partial charge >= 0.3 is 0 Å². The molecule has 0 aliphatic heterocycles. The van der Waals surface area contributed by atoms with Crippen LogP contribution in [0.25, 0.3) is 22.0 Å². The molecule has 1 aliphatic carbocycles. The van der Waals surface area contributed by atoms with Crippen LogP contribution in [0.3, 0.4) is 0 Å². The van der Waals surface area contributed by atoms with Crippen molar-refractivity contribution in [3.05, 3.63) is 114 Å². The Hall–Kier alpha value is -4.39. The minimum atomic E-state index is -0.277. The Labute approximate surface area is 214 Å². The van der Waals surface area contributed by atoms with Crippen LogP contribution < -0.4 is 5.32 Å². The molecule has 0 radical (unpaired) electrons. The number of hydrogen-bond acceptors (Lipinski definition) is 4. The van der Waals surface area contributed by atoms with E-state index >= 15 is 0 Å². The van der Waals surface area contributed by atoms with Crippen LogP contribution in [0.2, 0.25) is 0 Å². The molecule has 1 aliphatic rings. The van der Waals surface area contributed by atoms with Crippen LogP contribution >= 0.6 is 0 Å². The number of amides is 1. The SMILES string of the molecule is O=C(NC(c1ccc(F)cc1)C1CCC1)c1ccccc1Cn1cc(-c2ccc3cnccc3c2)nn1. The number of rotatable bonds is 7. The number of nitrogens with one attached hydrogen (secondary N) is 1. The number of carbonyl (C=O) groups is 1. The standard InChI is InChI=1S/C30H26FN5O/c31-26-12-10-21(11-13-26)29(20-5-3-6-20)33-30(37)27-7-2-1-4-25(27)18-36-19-28(34-35-36)23-8-9-24-17-32-15-14-22(24)16-23/h1-2,4,7-17,19-20,29H,3,5-6,18H2,(H,33,37). The van der Waals surface area contributed by atoms with Gasteiger partial charge in [-0.2, -0.15) is 0 Å². The van der Waals surface area contributed by atoms with Crippen LogP contribution in [0.1, 0.15) is 46.8 Å². The first-order valence-electron chi connectivity index (χ1n) is 12.5. The average molecular weight is 492 g/mol. The highest BCUT2D eigenvalue weighted by atomic mass is 19.1. The highest BCUT2D eigenvalue weighted by Crippen LogP contribution is 2.38. The second kappa shape index (κ2) is 9.93. The molecule has 3 aromatic carbocycles. The van der Waals surface area contributed by atoms with E-state index in [1.807, 2.05) is 54.9 Å². The molecule has 0 bridgehead atoms. The van der Waals surface area contributed by atoms with Crippen molar-refractivity contribution in [2.75, 3.05) is 0 Å². The van der Waals surface area contributed by atoms with Crippen molar-refractivity contribution < 1.29 is 9.18 Å². The number of nitrogens with zero attached hydrogens (tertiary/aromatic N) is 4. The van der Waals surface area contributed by atoms with Crippen molar-refractivity contribution in [1.82, 2.24) is 25.3 Å². The summed E-state index contributed by atoms with van der Waals surface area (Å²) >= 11 is 0. The third kappa shape index (κ3) is 4.85. The topological polar surface area (TPSA) is 72.7 Å². The average Bonchev–Trinajstić information content (AvgIpc) is 3.36. The van der Waals surface area contributed by atoms with E-state index in [2.05, 4.69) is 26.7 Å². The minimum Gasteiger partial charge on any atom is -0.345 e. The molecule has 2 aromatic heterocycles. The van der Waals surface area contributed by atoms with Gasteiger partial charge in [-0.15, -0.1) is 5.10 Å². The number of benzene rings is 3. The second-order valence-electron chi connectivity index (χ2n) is 9.59. The molecule has 0 spiro atoms. The first-order chi connectivity index (χ1) is 18.1. The molecule has 1 N–H and O–H groups in total. The summed E-state index contributed by atoms with van der Waals surface area (Å²) in [7, 11) is 0. The van der Waals surface area contributed by atoms with Crippen molar-refractivity contribution in [2.24, 2.45) is 5.92 Å². The quantitative estimate of drug-likeness (QED) is 0.305. The number of halogens is 1. The zero-order valence-electron chi connectivity index (χ0n) is 20.2. The molecule has 6 rings (SSSR count). The van der Waals surface area contributed by atoms with Gasteiger partial charge in [-0.1, -0.05) is 54.1 Å². The Morgan fingerprint density at radius 2 is 1.86 bits per heavy atom. The molecule has 1 unspecified atom stereocenters. The van der Waals surface area contributed by atoms with E-state index in [1.165, 1.54) is 12.1 Å². The van der Waals surface area contributed by atoms with Gasteiger partial charge in [0.2, 0.25) is 0 Å². The predicted octanol–water partition coefficient (Wildman–Crippen LogP) is 5.95. The number of hydrogen-bond donors (Lipinski definition) is 1. The lowest BCUT2D eigenvalue weighted by Gasteiger charge is -2.34. The molecule has 1 saturated carbocycles. The van der Waals surface area contributed by atoms with Crippen LogP contribution in [-0.2, 0) is 6.54 Å². The summed E-state index contributed by atoms with van der Waals surface area (Å²) in [6, 6.07) is 21.9. The number of carbonyl (C=O) groups excluding carboxylic acids is 1. The maximum absolute atomic E-state index is 13.5. The molecule has 6 nitrogen and oxygen atoms in total. The summed E-state index contributed by atoms with van der Waals surface area (Å²) < 4.78 is 15.3. The first-order valence-corrected chi connectivity index (χ1v) is 12.5. The fraction of sp³-hybridized carbons (Fsp3) is 0.200. The summed E-state index contributed by atoms with van der Waals surface area (Å²) in [4.78, 5) is 17.6. The van der Waals surface area contributed by atoms with Crippen LogP contribution in [0.5, 0.6) is 0 Å². The molecule has 7 heteroatoms. The Morgan fingerprint density at radius 3 is 2.68 bits per heavy atom. The van der Waals surface area contributed by atoms with Gasteiger partial charge in [-0.25, -0.2) is 9.07 Å². The van der Waals surface area contributed by atoms with Gasteiger partial charge in [-0.05, 0) is 65.6 Å². The fourth-order valence-electron chi connectivity index (χ4n) is 4.94. The van der Waals surface area contributed by atoms with E-state index in [0.717, 1.165) is 52.4 Å². The van der Waals surface area contributed by atoms with Gasteiger partial charge in [0.1, 0.15) is 11.5 Å². The van der Waals surface area contributed by atoms with Crippen LogP contribution in [-0.4, -0.2) is 25.9 Å². The van der Waals surface area contributed by atoms with Crippen molar-refractivity contribution in [2.45, 2.75) is 31.8 Å². The van der Waals surface area contributed by atoms with E-state index in [0.29, 0.717) is 18.0 Å². The number of pyridine rings is 1. The normalized spacial score (nSPS) is 14.3. The van der Waals surface area contributed by atoms with Gasteiger partial charge in [0.15, 0.2) is 0 Å². The maximum Gasteiger partial charge on any atom is 0.252 e. The van der Waals surface area contributed by atoms with Crippen LogP contribution in [0.4, 0.5) is 4.39 Å². The first kappa shape index (κ1) is 23.0. The van der Waals surface area contributed by atoms with E-state index in [4.69, 9.17) is 0 Å². The predicted molar refractivity (Wildman–Crippen MR) is 140 cm³/mol. The van der Waals surface area contributed by atoms with E-state index in [9.17, 15) is 9.18 Å². The maximum atomic E-state index is 13.5. The third-order valence-corrected chi connectivity index (χ3v) is 7.21. The Kier molecular flexibility index (Phi) is 6.18. The Bertz CT molecular complexity index is 1560. The number of aromatic nitrogens is 4. The summed E-state index contributed by atoms with van der Waals surface area (Å²) in [5.74, 6) is -0.0573. The Morgan fingerprint density at radius 1 is 1.03 bits per heavy atom. The number of fused-ring (bicyclic) bond motifs is 1. The highest BCUT2D eigenvalue weighted by molar-refractivity contribution is 5.96. The minimum absolute atomic E-state index is 0.139. The van der Waals surface area contributed by atoms with Gasteiger partial charge in [0.05, 0.1) is 18.8 Å². The summed E-state index contributed by atoms with van der Waals surface area (Å²) in [6.45, 7) is 0.415. The zero-order chi connectivity index (χ0) is 25.2. The third-order valence-electron chi connectivity index (χ3n) is 7.21. The molecule has 1 atom stereocenters. The molecule has 1 amide bonds. The van der Waals surface area contributed by atoms with Gasteiger partial charge in [-0.3, -0.25) is 9.78 Å². The Balaban J connectivity index is 1.22. The summed E-state index contributed by atoms with van der Waals surface area (Å²) in [5, 5.41) is 14.1.